The van der Waals surface area contributed by atoms with Gasteiger partial charge in [-0.25, -0.2) is 0 Å². The first-order chi connectivity index (χ1) is 14.3. The van der Waals surface area contributed by atoms with Crippen molar-refractivity contribution in [3.63, 3.8) is 0 Å². The molecule has 1 heteroatoms. The van der Waals surface area contributed by atoms with Crippen LogP contribution >= 0.6 is 15.9 Å². The quantitative estimate of drug-likeness (QED) is 0.257. The summed E-state index contributed by atoms with van der Waals surface area (Å²) in [4.78, 5) is 0. The molecule has 0 saturated carbocycles. The summed E-state index contributed by atoms with van der Waals surface area (Å²) < 4.78 is 1.10. The molecule has 0 N–H and O–H groups in total. The van der Waals surface area contributed by atoms with Gasteiger partial charge in [0.15, 0.2) is 0 Å². The summed E-state index contributed by atoms with van der Waals surface area (Å²) in [5.74, 6) is 0. The molecule has 1 aliphatic carbocycles. The van der Waals surface area contributed by atoms with Gasteiger partial charge in [-0.3, -0.25) is 0 Å². The summed E-state index contributed by atoms with van der Waals surface area (Å²) >= 11 is 3.51. The van der Waals surface area contributed by atoms with Crippen molar-refractivity contribution in [2.75, 3.05) is 0 Å². The van der Waals surface area contributed by atoms with E-state index >= 15 is 0 Å². The smallest absolute Gasteiger partial charge is 0.0175 e. The standard InChI is InChI=1S/C28H17Br/c29-21-14-12-19(13-15-21)18-8-10-20(11-9-18)22-16-17-27-24-5-2-1-4-23(24)26-7-3-6-25(22)28(26)27/h1-17H. The monoisotopic (exact) mass is 432 g/mol. The topological polar surface area (TPSA) is 0 Å². The summed E-state index contributed by atoms with van der Waals surface area (Å²) in [5, 5.41) is 2.70. The molecule has 0 aromatic heterocycles. The Morgan fingerprint density at radius 2 is 0.897 bits per heavy atom. The predicted molar refractivity (Wildman–Crippen MR) is 127 cm³/mol. The number of rotatable bonds is 2. The zero-order valence-electron chi connectivity index (χ0n) is 15.7. The van der Waals surface area contributed by atoms with Crippen molar-refractivity contribution in [3.8, 4) is 44.5 Å². The average Bonchev–Trinajstić information content (AvgIpc) is 3.11. The normalized spacial score (nSPS) is 11.6. The lowest BCUT2D eigenvalue weighted by Crippen LogP contribution is -1.84. The molecule has 0 bridgehead atoms. The van der Waals surface area contributed by atoms with Gasteiger partial charge in [0.05, 0.1) is 0 Å². The molecular formula is C28H17Br. The molecule has 5 aromatic rings. The van der Waals surface area contributed by atoms with Crippen molar-refractivity contribution >= 4 is 26.7 Å². The Labute approximate surface area is 178 Å². The molecule has 0 nitrogen and oxygen atoms in total. The maximum atomic E-state index is 3.51. The summed E-state index contributed by atoms with van der Waals surface area (Å²) in [5.41, 5.74) is 10.4. The van der Waals surface area contributed by atoms with E-state index in [2.05, 4.69) is 119 Å². The summed E-state index contributed by atoms with van der Waals surface area (Å²) in [6.45, 7) is 0. The van der Waals surface area contributed by atoms with E-state index in [1.54, 1.807) is 0 Å². The van der Waals surface area contributed by atoms with E-state index < -0.39 is 0 Å². The maximum Gasteiger partial charge on any atom is 0.0175 e. The second kappa shape index (κ2) is 6.43. The van der Waals surface area contributed by atoms with Crippen molar-refractivity contribution in [2.45, 2.75) is 0 Å². The van der Waals surface area contributed by atoms with Crippen LogP contribution in [-0.4, -0.2) is 0 Å². The fourth-order valence-electron chi connectivity index (χ4n) is 4.54. The van der Waals surface area contributed by atoms with E-state index in [1.807, 2.05) is 0 Å². The van der Waals surface area contributed by atoms with E-state index in [0.29, 0.717) is 0 Å². The van der Waals surface area contributed by atoms with E-state index in [4.69, 9.17) is 0 Å². The number of hydrogen-bond donors (Lipinski definition) is 0. The molecule has 29 heavy (non-hydrogen) atoms. The van der Waals surface area contributed by atoms with Crippen molar-refractivity contribution in [2.24, 2.45) is 0 Å². The van der Waals surface area contributed by atoms with Crippen LogP contribution < -0.4 is 0 Å². The van der Waals surface area contributed by atoms with Crippen LogP contribution in [0.5, 0.6) is 0 Å². The first kappa shape index (κ1) is 16.8. The lowest BCUT2D eigenvalue weighted by atomic mass is 9.93. The maximum absolute atomic E-state index is 3.51. The van der Waals surface area contributed by atoms with Crippen LogP contribution in [0.15, 0.2) is 108 Å². The minimum Gasteiger partial charge on any atom is -0.0616 e. The highest BCUT2D eigenvalue weighted by atomic mass is 79.9. The Hall–Kier alpha value is -3.16. The first-order valence-electron chi connectivity index (χ1n) is 9.81. The zero-order chi connectivity index (χ0) is 19.4. The van der Waals surface area contributed by atoms with Gasteiger partial charge in [0.25, 0.3) is 0 Å². The van der Waals surface area contributed by atoms with E-state index in [-0.39, 0.29) is 0 Å². The van der Waals surface area contributed by atoms with E-state index in [9.17, 15) is 0 Å². The molecule has 0 fully saturated rings. The van der Waals surface area contributed by atoms with Crippen LogP contribution in [0.1, 0.15) is 0 Å². The Kier molecular flexibility index (Phi) is 3.72. The third-order valence-electron chi connectivity index (χ3n) is 5.92. The Morgan fingerprint density at radius 1 is 0.379 bits per heavy atom. The molecule has 136 valence electrons. The molecule has 0 spiro atoms. The summed E-state index contributed by atoms with van der Waals surface area (Å²) in [6, 6.07) is 37.4. The molecule has 0 unspecified atom stereocenters. The minimum atomic E-state index is 1.10. The third kappa shape index (κ3) is 2.58. The van der Waals surface area contributed by atoms with Crippen LogP contribution in [0.4, 0.5) is 0 Å². The molecule has 0 radical (unpaired) electrons. The van der Waals surface area contributed by atoms with Crippen LogP contribution in [0.3, 0.4) is 0 Å². The summed E-state index contributed by atoms with van der Waals surface area (Å²) in [7, 11) is 0. The minimum absolute atomic E-state index is 1.10. The van der Waals surface area contributed by atoms with Crippen molar-refractivity contribution in [1.82, 2.24) is 0 Å². The van der Waals surface area contributed by atoms with Crippen LogP contribution in [0, 0.1) is 0 Å². The molecule has 5 aromatic carbocycles. The molecule has 0 atom stereocenters. The molecular weight excluding hydrogens is 416 g/mol. The van der Waals surface area contributed by atoms with Crippen molar-refractivity contribution < 1.29 is 0 Å². The molecule has 0 amide bonds. The first-order valence-corrected chi connectivity index (χ1v) is 10.6. The lowest BCUT2D eigenvalue weighted by Gasteiger charge is -2.10. The highest BCUT2D eigenvalue weighted by Crippen LogP contribution is 2.49. The molecule has 0 aliphatic heterocycles. The molecule has 1 aliphatic rings. The van der Waals surface area contributed by atoms with E-state index in [0.717, 1.165) is 4.47 Å². The number of halogens is 1. The largest absolute Gasteiger partial charge is 0.0616 e. The number of benzene rings is 5. The fraction of sp³-hybridized carbons (Fsp3) is 0. The second-order valence-electron chi connectivity index (χ2n) is 7.52. The van der Waals surface area contributed by atoms with Gasteiger partial charge < -0.3 is 0 Å². The van der Waals surface area contributed by atoms with Gasteiger partial charge in [0.1, 0.15) is 0 Å². The Balaban J connectivity index is 1.50. The number of hydrogen-bond acceptors (Lipinski definition) is 0. The van der Waals surface area contributed by atoms with Crippen molar-refractivity contribution in [1.29, 1.82) is 0 Å². The van der Waals surface area contributed by atoms with Gasteiger partial charge in [-0.1, -0.05) is 107 Å². The Morgan fingerprint density at radius 3 is 1.59 bits per heavy atom. The van der Waals surface area contributed by atoms with Gasteiger partial charge in [-0.2, -0.15) is 0 Å². The van der Waals surface area contributed by atoms with Gasteiger partial charge in [-0.15, -0.1) is 0 Å². The molecule has 0 heterocycles. The van der Waals surface area contributed by atoms with Crippen LogP contribution in [0.25, 0.3) is 55.3 Å². The molecule has 6 rings (SSSR count). The molecule has 0 saturated heterocycles. The van der Waals surface area contributed by atoms with E-state index in [1.165, 1.54) is 55.3 Å². The highest BCUT2D eigenvalue weighted by Gasteiger charge is 2.21. The highest BCUT2D eigenvalue weighted by molar-refractivity contribution is 9.10. The fourth-order valence-corrected chi connectivity index (χ4v) is 4.81. The second-order valence-corrected chi connectivity index (χ2v) is 8.43. The number of fused-ring (bicyclic) bond motifs is 3. The van der Waals surface area contributed by atoms with Crippen LogP contribution in [0.2, 0.25) is 0 Å². The zero-order valence-corrected chi connectivity index (χ0v) is 17.3. The van der Waals surface area contributed by atoms with Gasteiger partial charge in [0.2, 0.25) is 0 Å². The third-order valence-corrected chi connectivity index (χ3v) is 6.45. The van der Waals surface area contributed by atoms with Gasteiger partial charge >= 0.3 is 0 Å². The van der Waals surface area contributed by atoms with Gasteiger partial charge in [0, 0.05) is 4.47 Å². The predicted octanol–water partition coefficient (Wildman–Crippen LogP) is 8.58. The van der Waals surface area contributed by atoms with Crippen LogP contribution in [-0.2, 0) is 0 Å². The lowest BCUT2D eigenvalue weighted by molar-refractivity contribution is 1.59. The SMILES string of the molecule is Brc1ccc(-c2ccc(-c3ccc4c5c(cccc35)-c3ccccc3-4)cc2)cc1. The summed E-state index contributed by atoms with van der Waals surface area (Å²) in [6.07, 6.45) is 0. The average molecular weight is 433 g/mol. The van der Waals surface area contributed by atoms with Crippen molar-refractivity contribution in [3.05, 3.63) is 108 Å². The Bertz CT molecular complexity index is 1350. The van der Waals surface area contributed by atoms with Gasteiger partial charge in [-0.05, 0) is 67.4 Å².